The number of benzene rings is 1. The topological polar surface area (TPSA) is 25.8 Å². The maximum absolute atomic E-state index is 4.78. The summed E-state index contributed by atoms with van der Waals surface area (Å²) in [6.45, 7) is 1.94. The van der Waals surface area contributed by atoms with Gasteiger partial charge in [0, 0.05) is 18.0 Å². The van der Waals surface area contributed by atoms with Crippen LogP contribution in [0.2, 0.25) is 0 Å². The number of para-hydroxylation sites is 1. The molecule has 0 N–H and O–H groups in total. The predicted octanol–water partition coefficient (Wildman–Crippen LogP) is 2.66. The number of rotatable bonds is 0. The van der Waals surface area contributed by atoms with Crippen molar-refractivity contribution >= 4 is 10.9 Å². The fraction of sp³-hybridized carbons (Fsp3) is 0.167. The Morgan fingerprint density at radius 2 is 2.07 bits per heavy atom. The molecule has 0 spiro atoms. The van der Waals surface area contributed by atoms with E-state index in [1.54, 1.807) is 6.33 Å². The highest BCUT2D eigenvalue weighted by Crippen LogP contribution is 2.06. The zero-order valence-electron chi connectivity index (χ0n) is 8.14. The van der Waals surface area contributed by atoms with Crippen molar-refractivity contribution in [2.45, 2.75) is 13.3 Å². The van der Waals surface area contributed by atoms with Crippen molar-refractivity contribution in [3.63, 3.8) is 0 Å². The van der Waals surface area contributed by atoms with E-state index in [0.717, 1.165) is 17.3 Å². The van der Waals surface area contributed by atoms with Crippen molar-refractivity contribution in [1.29, 1.82) is 0 Å². The van der Waals surface area contributed by atoms with Gasteiger partial charge in [0.1, 0.15) is 6.33 Å². The molecule has 0 radical (unpaired) electrons. The van der Waals surface area contributed by atoms with Gasteiger partial charge in [-0.15, -0.1) is 12.3 Å². The Hall–Kier alpha value is -1.88. The Bertz CT molecular complexity index is 364. The lowest BCUT2D eigenvalue weighted by molar-refractivity contribution is 1.22. The summed E-state index contributed by atoms with van der Waals surface area (Å²) in [5.74, 6) is 2.43. The molecule has 0 bridgehead atoms. The second-order valence-corrected chi connectivity index (χ2v) is 2.64. The molecule has 1 heterocycles. The van der Waals surface area contributed by atoms with Gasteiger partial charge in [0.25, 0.3) is 0 Å². The number of nitrogens with zero attached hydrogens (tertiary/aromatic N) is 2. The molecule has 0 aliphatic carbocycles. The Kier molecular flexibility index (Phi) is 4.16. The molecule has 0 aliphatic heterocycles. The number of hydrogen-bond acceptors (Lipinski definition) is 2. The number of hydrogen-bond donors (Lipinski definition) is 0. The van der Waals surface area contributed by atoms with E-state index in [4.69, 9.17) is 6.42 Å². The first-order chi connectivity index (χ1) is 6.88. The third-order valence-electron chi connectivity index (χ3n) is 1.62. The second kappa shape index (κ2) is 5.71. The standard InChI is InChI=1S/C8H6N2.C4H6/c1-2-4-8-7(3-1)5-9-6-10-8;1-3-4-2/h1-6H;1H,4H2,2H3. The predicted molar refractivity (Wildman–Crippen MR) is 58.7 cm³/mol. The van der Waals surface area contributed by atoms with Crippen LogP contribution in [0.5, 0.6) is 0 Å². The first-order valence-electron chi connectivity index (χ1n) is 4.46. The molecule has 2 aromatic rings. The fourth-order valence-corrected chi connectivity index (χ4v) is 0.923. The van der Waals surface area contributed by atoms with Crippen LogP contribution in [0.1, 0.15) is 13.3 Å². The maximum atomic E-state index is 4.78. The highest BCUT2D eigenvalue weighted by Gasteiger charge is 1.87. The molecule has 0 unspecified atom stereocenters. The molecule has 0 fully saturated rings. The van der Waals surface area contributed by atoms with Crippen LogP contribution in [0.15, 0.2) is 36.8 Å². The van der Waals surface area contributed by atoms with Gasteiger partial charge in [-0.05, 0) is 6.07 Å². The second-order valence-electron chi connectivity index (χ2n) is 2.64. The summed E-state index contributed by atoms with van der Waals surface area (Å²) in [5, 5.41) is 1.09. The van der Waals surface area contributed by atoms with Gasteiger partial charge in [-0.1, -0.05) is 25.1 Å². The minimum absolute atomic E-state index is 0.847. The zero-order chi connectivity index (χ0) is 10.2. The van der Waals surface area contributed by atoms with Crippen LogP contribution in [0.4, 0.5) is 0 Å². The average Bonchev–Trinajstić information content (AvgIpc) is 2.30. The van der Waals surface area contributed by atoms with Gasteiger partial charge >= 0.3 is 0 Å². The zero-order valence-corrected chi connectivity index (χ0v) is 8.14. The summed E-state index contributed by atoms with van der Waals surface area (Å²) < 4.78 is 0. The van der Waals surface area contributed by atoms with Gasteiger partial charge in [-0.2, -0.15) is 0 Å². The Morgan fingerprint density at radius 1 is 1.36 bits per heavy atom. The monoisotopic (exact) mass is 184 g/mol. The SMILES string of the molecule is C#CCC.c1ccc2ncncc2c1. The molecule has 0 atom stereocenters. The minimum atomic E-state index is 0.847. The number of terminal acetylenes is 1. The van der Waals surface area contributed by atoms with Crippen LogP contribution < -0.4 is 0 Å². The molecule has 0 saturated heterocycles. The largest absolute Gasteiger partial charge is 0.244 e. The highest BCUT2D eigenvalue weighted by molar-refractivity contribution is 5.76. The van der Waals surface area contributed by atoms with E-state index in [0.29, 0.717) is 0 Å². The Balaban J connectivity index is 0.000000213. The van der Waals surface area contributed by atoms with E-state index in [1.165, 1.54) is 0 Å². The van der Waals surface area contributed by atoms with E-state index in [9.17, 15) is 0 Å². The van der Waals surface area contributed by atoms with Gasteiger partial charge in [0.2, 0.25) is 0 Å². The van der Waals surface area contributed by atoms with Crippen molar-refractivity contribution in [3.05, 3.63) is 36.8 Å². The van der Waals surface area contributed by atoms with Crippen LogP contribution in [0, 0.1) is 12.3 Å². The quantitative estimate of drug-likeness (QED) is 0.588. The lowest BCUT2D eigenvalue weighted by Gasteiger charge is -1.90. The molecule has 0 aliphatic rings. The highest BCUT2D eigenvalue weighted by atomic mass is 14.8. The molecule has 2 rings (SSSR count). The van der Waals surface area contributed by atoms with Crippen LogP contribution >= 0.6 is 0 Å². The molecule has 1 aromatic carbocycles. The van der Waals surface area contributed by atoms with E-state index in [-0.39, 0.29) is 0 Å². The van der Waals surface area contributed by atoms with Crippen LogP contribution in [-0.2, 0) is 0 Å². The smallest absolute Gasteiger partial charge is 0.116 e. The van der Waals surface area contributed by atoms with Gasteiger partial charge in [0.05, 0.1) is 5.52 Å². The third kappa shape index (κ3) is 2.87. The van der Waals surface area contributed by atoms with Crippen molar-refractivity contribution in [2.24, 2.45) is 0 Å². The molecule has 14 heavy (non-hydrogen) atoms. The summed E-state index contributed by atoms with van der Waals surface area (Å²) in [4.78, 5) is 7.97. The van der Waals surface area contributed by atoms with Crippen molar-refractivity contribution < 1.29 is 0 Å². The number of fused-ring (bicyclic) bond motifs is 1. The Labute approximate surface area is 84.0 Å². The molecule has 0 amide bonds. The summed E-state index contributed by atoms with van der Waals surface area (Å²) in [6, 6.07) is 7.91. The fourth-order valence-electron chi connectivity index (χ4n) is 0.923. The first kappa shape index (κ1) is 10.2. The number of aromatic nitrogens is 2. The van der Waals surface area contributed by atoms with Crippen molar-refractivity contribution in [3.8, 4) is 12.3 Å². The van der Waals surface area contributed by atoms with Gasteiger partial charge < -0.3 is 0 Å². The average molecular weight is 184 g/mol. The van der Waals surface area contributed by atoms with E-state index >= 15 is 0 Å². The first-order valence-corrected chi connectivity index (χ1v) is 4.46. The summed E-state index contributed by atoms with van der Waals surface area (Å²) >= 11 is 0. The Morgan fingerprint density at radius 3 is 2.71 bits per heavy atom. The molecule has 0 saturated carbocycles. The van der Waals surface area contributed by atoms with E-state index < -0.39 is 0 Å². The van der Waals surface area contributed by atoms with Gasteiger partial charge in [0.15, 0.2) is 0 Å². The third-order valence-corrected chi connectivity index (χ3v) is 1.62. The van der Waals surface area contributed by atoms with Gasteiger partial charge in [-0.25, -0.2) is 9.97 Å². The van der Waals surface area contributed by atoms with E-state index in [1.807, 2.05) is 37.4 Å². The van der Waals surface area contributed by atoms with Crippen molar-refractivity contribution in [2.75, 3.05) is 0 Å². The van der Waals surface area contributed by atoms with Crippen LogP contribution in [-0.4, -0.2) is 9.97 Å². The molecule has 70 valence electrons. The van der Waals surface area contributed by atoms with Gasteiger partial charge in [-0.3, -0.25) is 0 Å². The minimum Gasteiger partial charge on any atom is -0.244 e. The lowest BCUT2D eigenvalue weighted by atomic mass is 10.2. The normalized spacial score (nSPS) is 8.57. The summed E-state index contributed by atoms with van der Waals surface area (Å²) in [5.41, 5.74) is 0.998. The van der Waals surface area contributed by atoms with Crippen LogP contribution in [0.25, 0.3) is 10.9 Å². The maximum Gasteiger partial charge on any atom is 0.116 e. The molecular formula is C12H12N2. The lowest BCUT2D eigenvalue weighted by Crippen LogP contribution is -1.77. The molecule has 2 heteroatoms. The molecule has 1 aromatic heterocycles. The van der Waals surface area contributed by atoms with Crippen molar-refractivity contribution in [1.82, 2.24) is 9.97 Å². The summed E-state index contributed by atoms with van der Waals surface area (Å²) in [7, 11) is 0. The van der Waals surface area contributed by atoms with E-state index in [2.05, 4.69) is 15.9 Å². The molecular weight excluding hydrogens is 172 g/mol. The van der Waals surface area contributed by atoms with Crippen LogP contribution in [0.3, 0.4) is 0 Å². The summed E-state index contributed by atoms with van der Waals surface area (Å²) in [6.07, 6.45) is 8.99. The molecule has 2 nitrogen and oxygen atoms in total.